The van der Waals surface area contributed by atoms with Gasteiger partial charge >= 0.3 is 13.8 Å². The van der Waals surface area contributed by atoms with Crippen LogP contribution in [-0.2, 0) is 27.9 Å². The summed E-state index contributed by atoms with van der Waals surface area (Å²) in [6, 6.07) is -0.883. The number of phosphoric ester groups is 1. The molecule has 0 radical (unpaired) electrons. The van der Waals surface area contributed by atoms with E-state index in [1.807, 2.05) is 94.1 Å². The first-order chi connectivity index (χ1) is 37.4. The second kappa shape index (κ2) is 55.5. The minimum Gasteiger partial charge on any atom is -0.456 e. The zero-order valence-corrected chi connectivity index (χ0v) is 50.8. The number of phosphoric acid groups is 1. The van der Waals surface area contributed by atoms with Crippen LogP contribution >= 0.6 is 7.82 Å². The molecule has 0 bridgehead atoms. The van der Waals surface area contributed by atoms with Crippen molar-refractivity contribution in [3.05, 3.63) is 134 Å². The standard InChI is InChI=1S/C67H113N2O7P/c1-7-10-13-16-19-22-25-27-29-31-32-33-34-35-36-38-39-41-44-47-50-53-56-59-66(70)68-64(63-75-77(72,73)74-62-61-69(4,5)6)65(58-55-52-49-46-43-24-21-18-15-12-9-3)76-67(71)60-57-54-51-48-45-42-40-37-30-28-26-23-20-17-14-11-8-2/h11,14,17,19-20,22-23,26-30,32-33,35-37,40,42,45,55,58,64-65H,7-10,12-13,15-16,18,21,24-25,31,34,38-39,41,43-44,46-54,56-57,59-63H2,1-6H3,(H-,68,70,72,73)/p+1/b14-11-,20-17+,22-19-,26-23+,29-27-,30-28-,33-32-,36-35-,40-37+,45-42+,58-55-. The molecule has 0 saturated carbocycles. The van der Waals surface area contributed by atoms with Crippen LogP contribution in [0.5, 0.6) is 0 Å². The number of carbonyl (C=O) groups excluding carboxylic acids is 2. The number of amides is 1. The van der Waals surface area contributed by atoms with Gasteiger partial charge in [0.1, 0.15) is 19.3 Å². The van der Waals surface area contributed by atoms with E-state index in [2.05, 4.69) is 86.8 Å². The van der Waals surface area contributed by atoms with E-state index in [-0.39, 0.29) is 31.5 Å². The molecule has 2 N–H and O–H groups in total. The summed E-state index contributed by atoms with van der Waals surface area (Å²) in [5.41, 5.74) is 0. The van der Waals surface area contributed by atoms with E-state index in [9.17, 15) is 19.0 Å². The lowest BCUT2D eigenvalue weighted by Crippen LogP contribution is -2.47. The molecule has 0 aliphatic rings. The minimum absolute atomic E-state index is 0.0222. The lowest BCUT2D eigenvalue weighted by Gasteiger charge is -2.27. The quantitative estimate of drug-likeness (QED) is 0.0156. The molecule has 0 aliphatic heterocycles. The van der Waals surface area contributed by atoms with Gasteiger partial charge in [0, 0.05) is 12.8 Å². The van der Waals surface area contributed by atoms with Gasteiger partial charge in [-0.05, 0) is 96.0 Å². The maximum absolute atomic E-state index is 13.5. The van der Waals surface area contributed by atoms with Gasteiger partial charge in [0.05, 0.1) is 33.8 Å². The summed E-state index contributed by atoms with van der Waals surface area (Å²) in [5.74, 6) is -0.580. The van der Waals surface area contributed by atoms with Crippen LogP contribution in [0.2, 0.25) is 0 Å². The van der Waals surface area contributed by atoms with Crippen LogP contribution in [0.4, 0.5) is 0 Å². The van der Waals surface area contributed by atoms with E-state index in [1.54, 1.807) is 0 Å². The highest BCUT2D eigenvalue weighted by Crippen LogP contribution is 2.43. The smallest absolute Gasteiger partial charge is 0.456 e. The molecular formula is C67H114N2O7P+. The zero-order chi connectivity index (χ0) is 56.4. The molecular weight excluding hydrogens is 976 g/mol. The molecule has 0 spiro atoms. The molecule has 0 aromatic heterocycles. The molecule has 3 atom stereocenters. The maximum atomic E-state index is 13.5. The van der Waals surface area contributed by atoms with Crippen molar-refractivity contribution in [2.24, 2.45) is 0 Å². The van der Waals surface area contributed by atoms with E-state index in [4.69, 9.17) is 13.8 Å². The normalized spacial score (nSPS) is 14.6. The monoisotopic (exact) mass is 1090 g/mol. The number of rotatable bonds is 53. The average Bonchev–Trinajstić information content (AvgIpc) is 3.39. The molecule has 0 aliphatic carbocycles. The number of unbranched alkanes of at least 4 members (excludes halogenated alkanes) is 22. The fourth-order valence-corrected chi connectivity index (χ4v) is 8.75. The summed E-state index contributed by atoms with van der Waals surface area (Å²) in [4.78, 5) is 37.7. The highest BCUT2D eigenvalue weighted by atomic mass is 31.2. The van der Waals surface area contributed by atoms with Crippen LogP contribution in [0.3, 0.4) is 0 Å². The van der Waals surface area contributed by atoms with E-state index in [1.165, 1.54) is 89.9 Å². The number of nitrogens with zero attached hydrogens (tertiary/aromatic N) is 1. The van der Waals surface area contributed by atoms with Crippen molar-refractivity contribution >= 4 is 19.7 Å². The Bertz CT molecular complexity index is 1780. The summed E-state index contributed by atoms with van der Waals surface area (Å²) in [6.07, 6.45) is 78.8. The zero-order valence-electron chi connectivity index (χ0n) is 49.9. The van der Waals surface area contributed by atoms with Crippen molar-refractivity contribution in [1.29, 1.82) is 0 Å². The summed E-state index contributed by atoms with van der Waals surface area (Å²) in [5, 5.41) is 3.03. The second-order valence-corrected chi connectivity index (χ2v) is 22.7. The SMILES string of the molecule is CC\C=C/C=C/C=C/C=C\C=C\C=C\CCCCCC(=O)OC(/C=C\CCCCCCCCCCC)C(COP(=O)(O)OCC[N+](C)(C)C)NC(=O)CCCCCCCCC/C=C\C/C=C\C/C=C\C/C=C\CCCCC. The first-order valence-electron chi connectivity index (χ1n) is 30.6. The van der Waals surface area contributed by atoms with Crippen molar-refractivity contribution < 1.29 is 37.3 Å². The molecule has 0 aromatic rings. The van der Waals surface area contributed by atoms with Gasteiger partial charge in [0.15, 0.2) is 0 Å². The van der Waals surface area contributed by atoms with Gasteiger partial charge in [0.2, 0.25) is 5.91 Å². The predicted octanol–water partition coefficient (Wildman–Crippen LogP) is 18.9. The number of allylic oxidation sites excluding steroid dienone is 21. The van der Waals surface area contributed by atoms with Gasteiger partial charge in [-0.2, -0.15) is 0 Å². The third kappa shape index (κ3) is 56.7. The lowest BCUT2D eigenvalue weighted by atomic mass is 10.1. The Morgan fingerprint density at radius 1 is 0.481 bits per heavy atom. The van der Waals surface area contributed by atoms with Crippen LogP contribution in [0.25, 0.3) is 0 Å². The van der Waals surface area contributed by atoms with Crippen LogP contribution < -0.4 is 5.32 Å². The summed E-state index contributed by atoms with van der Waals surface area (Å²) >= 11 is 0. The van der Waals surface area contributed by atoms with Crippen LogP contribution in [-0.4, -0.2) is 74.3 Å². The molecule has 0 rings (SSSR count). The second-order valence-electron chi connectivity index (χ2n) is 21.3. The third-order valence-corrected chi connectivity index (χ3v) is 13.7. The highest BCUT2D eigenvalue weighted by molar-refractivity contribution is 7.47. The van der Waals surface area contributed by atoms with Crippen LogP contribution in [0.1, 0.15) is 226 Å². The van der Waals surface area contributed by atoms with E-state index < -0.39 is 20.0 Å². The van der Waals surface area contributed by atoms with Crippen LogP contribution in [0.15, 0.2) is 134 Å². The van der Waals surface area contributed by atoms with Gasteiger partial charge in [-0.3, -0.25) is 18.6 Å². The Balaban J connectivity index is 5.32. The number of ether oxygens (including phenoxy) is 1. The number of likely N-dealkylation sites (N-methyl/N-ethyl adjacent to an activating group) is 1. The van der Waals surface area contributed by atoms with Gasteiger partial charge in [-0.25, -0.2) is 4.57 Å². The third-order valence-electron chi connectivity index (χ3n) is 12.7. The molecule has 10 heteroatoms. The summed E-state index contributed by atoms with van der Waals surface area (Å²) in [7, 11) is 1.44. The van der Waals surface area contributed by atoms with Crippen LogP contribution in [0, 0.1) is 0 Å². The molecule has 0 heterocycles. The molecule has 438 valence electrons. The number of hydrogen-bond donors (Lipinski definition) is 2. The predicted molar refractivity (Wildman–Crippen MR) is 332 cm³/mol. The molecule has 1 amide bonds. The molecule has 3 unspecified atom stereocenters. The van der Waals surface area contributed by atoms with Gasteiger partial charge < -0.3 is 19.4 Å². The van der Waals surface area contributed by atoms with E-state index in [0.717, 1.165) is 96.3 Å². The van der Waals surface area contributed by atoms with Gasteiger partial charge in [-0.1, -0.05) is 251 Å². The van der Waals surface area contributed by atoms with Gasteiger partial charge in [0.25, 0.3) is 0 Å². The van der Waals surface area contributed by atoms with E-state index in [0.29, 0.717) is 23.9 Å². The Hall–Kier alpha value is -3.85. The summed E-state index contributed by atoms with van der Waals surface area (Å²) < 4.78 is 30.6. The Morgan fingerprint density at radius 3 is 1.40 bits per heavy atom. The fourth-order valence-electron chi connectivity index (χ4n) is 8.01. The van der Waals surface area contributed by atoms with Crippen molar-refractivity contribution in [2.45, 2.75) is 238 Å². The number of esters is 1. The fraction of sp³-hybridized carbons (Fsp3) is 0.642. The molecule has 9 nitrogen and oxygen atoms in total. The topological polar surface area (TPSA) is 111 Å². The molecule has 77 heavy (non-hydrogen) atoms. The van der Waals surface area contributed by atoms with Crippen molar-refractivity contribution in [3.63, 3.8) is 0 Å². The van der Waals surface area contributed by atoms with E-state index >= 15 is 0 Å². The number of quaternary nitrogens is 1. The highest BCUT2D eigenvalue weighted by Gasteiger charge is 2.30. The number of hydrogen-bond acceptors (Lipinski definition) is 6. The number of nitrogens with one attached hydrogen (secondary N) is 1. The summed E-state index contributed by atoms with van der Waals surface area (Å²) in [6.45, 7) is 6.77. The molecule has 0 fully saturated rings. The first kappa shape index (κ1) is 73.2. The van der Waals surface area contributed by atoms with Crippen molar-refractivity contribution in [3.8, 4) is 0 Å². The van der Waals surface area contributed by atoms with Crippen molar-refractivity contribution in [2.75, 3.05) is 40.9 Å². The average molecular weight is 1090 g/mol. The first-order valence-corrected chi connectivity index (χ1v) is 32.1. The Morgan fingerprint density at radius 2 is 0.883 bits per heavy atom. The minimum atomic E-state index is -4.47. The van der Waals surface area contributed by atoms with Crippen molar-refractivity contribution in [1.82, 2.24) is 5.32 Å². The number of carbonyl (C=O) groups is 2. The molecule has 0 saturated heterocycles. The largest absolute Gasteiger partial charge is 0.472 e. The Labute approximate surface area is 473 Å². The lowest BCUT2D eigenvalue weighted by molar-refractivity contribution is -0.870. The van der Waals surface area contributed by atoms with Gasteiger partial charge in [-0.15, -0.1) is 0 Å². The Kier molecular flexibility index (Phi) is 52.7. The molecule has 0 aromatic carbocycles. The maximum Gasteiger partial charge on any atom is 0.472 e.